The predicted octanol–water partition coefficient (Wildman–Crippen LogP) is 3.34. The molecule has 0 bridgehead atoms. The van der Waals surface area contributed by atoms with Gasteiger partial charge in [0, 0.05) is 42.7 Å². The number of benzene rings is 2. The van der Waals surface area contributed by atoms with E-state index in [-0.39, 0.29) is 5.41 Å². The van der Waals surface area contributed by atoms with Gasteiger partial charge in [-0.05, 0) is 48.6 Å². The number of H-pyrrole nitrogens is 1. The van der Waals surface area contributed by atoms with Crippen LogP contribution in [0, 0.1) is 0 Å². The molecule has 6 nitrogen and oxygen atoms in total. The zero-order valence-electron chi connectivity index (χ0n) is 16.6. The summed E-state index contributed by atoms with van der Waals surface area (Å²) < 4.78 is 11.0. The number of para-hydroxylation sites is 1. The van der Waals surface area contributed by atoms with Crippen LogP contribution in [-0.4, -0.2) is 37.9 Å². The number of rotatable bonds is 6. The number of nitrogens with one attached hydrogen (secondary N) is 3. The van der Waals surface area contributed by atoms with E-state index in [4.69, 9.17) is 9.47 Å². The van der Waals surface area contributed by atoms with Crippen LogP contribution in [0.1, 0.15) is 24.0 Å². The molecule has 0 unspecified atom stereocenters. The topological polar surface area (TPSA) is 70.7 Å². The Morgan fingerprint density at radius 3 is 2.83 bits per heavy atom. The van der Waals surface area contributed by atoms with Gasteiger partial charge < -0.3 is 25.1 Å². The predicted molar refractivity (Wildman–Crippen MR) is 115 cm³/mol. The fourth-order valence-corrected chi connectivity index (χ4v) is 4.07. The lowest BCUT2D eigenvalue weighted by atomic mass is 9.95. The highest BCUT2D eigenvalue weighted by Gasteiger charge is 2.44. The number of ether oxygens (including phenoxy) is 2. The highest BCUT2D eigenvalue weighted by atomic mass is 16.7. The number of aromatic amines is 1. The number of aromatic nitrogens is 1. The number of hydrogen-bond acceptors (Lipinski definition) is 3. The van der Waals surface area contributed by atoms with E-state index in [0.717, 1.165) is 37.0 Å². The lowest BCUT2D eigenvalue weighted by molar-refractivity contribution is 0.174. The standard InChI is InChI=1S/C23H26N4O2/c1-24-22(25-11-8-16-13-26-19-5-3-2-4-18(16)19)27-14-23(9-10-23)17-6-7-20-21(12-17)29-15-28-20/h2-7,12-13,26H,8-11,14-15H2,1H3,(H2,24,25,27). The van der Waals surface area contributed by atoms with Crippen molar-refractivity contribution in [2.24, 2.45) is 4.99 Å². The largest absolute Gasteiger partial charge is 0.454 e. The van der Waals surface area contributed by atoms with Crippen molar-refractivity contribution in [3.63, 3.8) is 0 Å². The molecule has 29 heavy (non-hydrogen) atoms. The van der Waals surface area contributed by atoms with E-state index in [2.05, 4.69) is 63.2 Å². The van der Waals surface area contributed by atoms with E-state index in [1.807, 2.05) is 13.1 Å². The van der Waals surface area contributed by atoms with Gasteiger partial charge in [0.15, 0.2) is 17.5 Å². The molecule has 0 radical (unpaired) electrons. The van der Waals surface area contributed by atoms with Gasteiger partial charge >= 0.3 is 0 Å². The first-order valence-electron chi connectivity index (χ1n) is 10.2. The van der Waals surface area contributed by atoms with Gasteiger partial charge in [-0.2, -0.15) is 0 Å². The lowest BCUT2D eigenvalue weighted by Gasteiger charge is -2.19. The van der Waals surface area contributed by atoms with Gasteiger partial charge in [-0.3, -0.25) is 4.99 Å². The van der Waals surface area contributed by atoms with Crippen LogP contribution in [-0.2, 0) is 11.8 Å². The highest BCUT2D eigenvalue weighted by Crippen LogP contribution is 2.49. The van der Waals surface area contributed by atoms with Crippen molar-refractivity contribution in [1.82, 2.24) is 15.6 Å². The van der Waals surface area contributed by atoms with Crippen molar-refractivity contribution >= 4 is 16.9 Å². The fourth-order valence-electron chi connectivity index (χ4n) is 4.07. The minimum atomic E-state index is 0.162. The van der Waals surface area contributed by atoms with Crippen LogP contribution in [0.15, 0.2) is 53.7 Å². The van der Waals surface area contributed by atoms with Crippen molar-refractivity contribution in [3.8, 4) is 11.5 Å². The Morgan fingerprint density at radius 2 is 1.97 bits per heavy atom. The first kappa shape index (κ1) is 17.9. The molecule has 2 aliphatic rings. The summed E-state index contributed by atoms with van der Waals surface area (Å²) in [6, 6.07) is 14.7. The van der Waals surface area contributed by atoms with Crippen LogP contribution >= 0.6 is 0 Å². The molecule has 0 spiro atoms. The van der Waals surface area contributed by atoms with Crippen molar-refractivity contribution in [3.05, 3.63) is 59.8 Å². The van der Waals surface area contributed by atoms with Gasteiger partial charge in [-0.1, -0.05) is 24.3 Å². The molecule has 0 atom stereocenters. The number of hydrogen-bond donors (Lipinski definition) is 3. The Kier molecular flexibility index (Phi) is 4.54. The molecule has 1 aliphatic heterocycles. The van der Waals surface area contributed by atoms with Gasteiger partial charge in [0.25, 0.3) is 0 Å². The Morgan fingerprint density at radius 1 is 1.10 bits per heavy atom. The summed E-state index contributed by atoms with van der Waals surface area (Å²) in [6.07, 6.45) is 5.39. The first-order valence-corrected chi connectivity index (χ1v) is 10.2. The van der Waals surface area contributed by atoms with Crippen LogP contribution in [0.2, 0.25) is 0 Å². The number of aliphatic imine (C=N–C) groups is 1. The SMILES string of the molecule is CN=C(NCCc1c[nH]c2ccccc12)NCC1(c2ccc3c(c2)OCO3)CC1. The Labute approximate surface area is 170 Å². The van der Waals surface area contributed by atoms with E-state index >= 15 is 0 Å². The molecule has 3 N–H and O–H groups in total. The second-order valence-electron chi connectivity index (χ2n) is 7.81. The molecular formula is C23H26N4O2. The maximum absolute atomic E-state index is 5.55. The summed E-state index contributed by atoms with van der Waals surface area (Å²) in [6.45, 7) is 2.01. The van der Waals surface area contributed by atoms with Gasteiger partial charge in [-0.25, -0.2) is 0 Å². The summed E-state index contributed by atoms with van der Waals surface area (Å²) in [5.74, 6) is 2.54. The molecule has 1 aromatic heterocycles. The van der Waals surface area contributed by atoms with Crippen LogP contribution in [0.3, 0.4) is 0 Å². The molecule has 1 saturated carbocycles. The second kappa shape index (κ2) is 7.35. The zero-order valence-corrected chi connectivity index (χ0v) is 16.6. The minimum Gasteiger partial charge on any atom is -0.454 e. The maximum atomic E-state index is 5.55. The summed E-state index contributed by atoms with van der Waals surface area (Å²) in [7, 11) is 1.82. The number of guanidine groups is 1. The maximum Gasteiger partial charge on any atom is 0.231 e. The van der Waals surface area contributed by atoms with Crippen LogP contribution in [0.5, 0.6) is 11.5 Å². The molecule has 1 aliphatic carbocycles. The molecule has 1 fully saturated rings. The molecule has 6 heteroatoms. The van der Waals surface area contributed by atoms with Gasteiger partial charge in [0.05, 0.1) is 0 Å². The summed E-state index contributed by atoms with van der Waals surface area (Å²) in [4.78, 5) is 7.73. The highest BCUT2D eigenvalue weighted by molar-refractivity contribution is 5.83. The Hall–Kier alpha value is -3.15. The van der Waals surface area contributed by atoms with Gasteiger partial charge in [0.2, 0.25) is 6.79 Å². The minimum absolute atomic E-state index is 0.162. The molecular weight excluding hydrogens is 364 g/mol. The number of nitrogens with zero attached hydrogens (tertiary/aromatic N) is 1. The zero-order chi connectivity index (χ0) is 19.7. The van der Waals surface area contributed by atoms with E-state index < -0.39 is 0 Å². The van der Waals surface area contributed by atoms with E-state index in [0.29, 0.717) is 6.79 Å². The van der Waals surface area contributed by atoms with E-state index in [1.54, 1.807) is 0 Å². The monoisotopic (exact) mass is 390 g/mol. The molecule has 0 amide bonds. The van der Waals surface area contributed by atoms with Crippen molar-refractivity contribution in [1.29, 1.82) is 0 Å². The Bertz CT molecular complexity index is 1050. The smallest absolute Gasteiger partial charge is 0.231 e. The quantitative estimate of drug-likeness (QED) is 0.446. The fraction of sp³-hybridized carbons (Fsp3) is 0.348. The molecule has 150 valence electrons. The molecule has 0 saturated heterocycles. The average Bonchev–Trinajstić information content (AvgIpc) is 3.21. The van der Waals surface area contributed by atoms with Crippen molar-refractivity contribution < 1.29 is 9.47 Å². The molecule has 3 aromatic rings. The first-order chi connectivity index (χ1) is 14.3. The Balaban J connectivity index is 1.17. The van der Waals surface area contributed by atoms with Crippen LogP contribution in [0.4, 0.5) is 0 Å². The van der Waals surface area contributed by atoms with Crippen molar-refractivity contribution in [2.75, 3.05) is 26.9 Å². The molecule has 2 heterocycles. The van der Waals surface area contributed by atoms with Crippen LogP contribution < -0.4 is 20.1 Å². The van der Waals surface area contributed by atoms with Crippen molar-refractivity contribution in [2.45, 2.75) is 24.7 Å². The lowest BCUT2D eigenvalue weighted by Crippen LogP contribution is -2.41. The number of fused-ring (bicyclic) bond motifs is 2. The summed E-state index contributed by atoms with van der Waals surface area (Å²) >= 11 is 0. The third-order valence-corrected chi connectivity index (χ3v) is 6.02. The second-order valence-corrected chi connectivity index (χ2v) is 7.81. The third kappa shape index (κ3) is 3.50. The molecule has 5 rings (SSSR count). The van der Waals surface area contributed by atoms with E-state index in [1.165, 1.54) is 34.9 Å². The van der Waals surface area contributed by atoms with Crippen LogP contribution in [0.25, 0.3) is 10.9 Å². The summed E-state index contributed by atoms with van der Waals surface area (Å²) in [5.41, 5.74) is 3.98. The molecule has 2 aromatic carbocycles. The summed E-state index contributed by atoms with van der Waals surface area (Å²) in [5, 5.41) is 8.25. The normalized spacial score (nSPS) is 16.8. The van der Waals surface area contributed by atoms with Gasteiger partial charge in [0.1, 0.15) is 0 Å². The van der Waals surface area contributed by atoms with Gasteiger partial charge in [-0.15, -0.1) is 0 Å². The average molecular weight is 390 g/mol. The van der Waals surface area contributed by atoms with E-state index in [9.17, 15) is 0 Å². The third-order valence-electron chi connectivity index (χ3n) is 6.02.